The van der Waals surface area contributed by atoms with E-state index in [1.165, 1.54) is 50.4 Å². The molecule has 0 bridgehead atoms. The van der Waals surface area contributed by atoms with Crippen molar-refractivity contribution in [3.8, 4) is 11.5 Å². The van der Waals surface area contributed by atoms with Crippen LogP contribution in [0, 0.1) is 22.0 Å². The van der Waals surface area contributed by atoms with Crippen LogP contribution >= 0.6 is 0 Å². The number of carboxylic acid groups (broad SMARTS) is 1. The van der Waals surface area contributed by atoms with Gasteiger partial charge in [-0.25, -0.2) is 4.90 Å². The summed E-state index contributed by atoms with van der Waals surface area (Å²) in [6.45, 7) is 1.33. The number of carbonyl (C=O) groups excluding carboxylic acids is 2. The molecule has 2 aliphatic rings. The first-order valence-electron chi connectivity index (χ1n) is 9.60. The standard InChI is InChI=1S/C21H19N3O8/c1-21(20(28)29)16-15(17(22-21)10-6-7-13(25)14(8-10)32-2)18(26)23(19(16)27)11-4-3-5-12(9-11)24(30)31/h3-9,15-17,22,25H,1-2H3,(H,28,29). The highest BCUT2D eigenvalue weighted by Crippen LogP contribution is 2.50. The average molecular weight is 441 g/mol. The van der Waals surface area contributed by atoms with E-state index in [1.807, 2.05) is 0 Å². The number of phenolic OH excluding ortho intramolecular Hbond substituents is 1. The van der Waals surface area contributed by atoms with E-state index < -0.39 is 46.1 Å². The summed E-state index contributed by atoms with van der Waals surface area (Å²) in [7, 11) is 1.35. The van der Waals surface area contributed by atoms with Crippen LogP contribution in [0.3, 0.4) is 0 Å². The van der Waals surface area contributed by atoms with Crippen LogP contribution in [0.1, 0.15) is 18.5 Å². The Morgan fingerprint density at radius 3 is 2.56 bits per heavy atom. The van der Waals surface area contributed by atoms with Crippen LogP contribution in [0.5, 0.6) is 11.5 Å². The third-order valence-corrected chi connectivity index (χ3v) is 6.09. The summed E-state index contributed by atoms with van der Waals surface area (Å²) in [6.07, 6.45) is 0. The predicted octanol–water partition coefficient (Wildman–Crippen LogP) is 1.60. The lowest BCUT2D eigenvalue weighted by Gasteiger charge is -2.27. The van der Waals surface area contributed by atoms with Crippen LogP contribution < -0.4 is 15.0 Å². The molecule has 4 atom stereocenters. The maximum Gasteiger partial charge on any atom is 0.324 e. The summed E-state index contributed by atoms with van der Waals surface area (Å²) in [5, 5.41) is 33.8. The molecule has 2 aromatic rings. The number of amides is 2. The van der Waals surface area contributed by atoms with Crippen LogP contribution in [0.25, 0.3) is 0 Å². The topological polar surface area (TPSA) is 159 Å². The molecule has 2 heterocycles. The van der Waals surface area contributed by atoms with Gasteiger partial charge in [-0.3, -0.25) is 29.8 Å². The van der Waals surface area contributed by atoms with Crippen LogP contribution in [0.2, 0.25) is 0 Å². The molecule has 2 fully saturated rings. The lowest BCUT2D eigenvalue weighted by Crippen LogP contribution is -2.53. The zero-order valence-corrected chi connectivity index (χ0v) is 17.0. The molecule has 4 unspecified atom stereocenters. The number of aromatic hydroxyl groups is 1. The maximum atomic E-state index is 13.4. The number of nitro groups is 1. The molecule has 32 heavy (non-hydrogen) atoms. The molecule has 166 valence electrons. The fraction of sp³-hybridized carbons (Fsp3) is 0.286. The smallest absolute Gasteiger partial charge is 0.324 e. The van der Waals surface area contributed by atoms with Crippen molar-refractivity contribution in [2.45, 2.75) is 18.5 Å². The fourth-order valence-electron chi connectivity index (χ4n) is 4.51. The van der Waals surface area contributed by atoms with Gasteiger partial charge in [-0.05, 0) is 30.7 Å². The van der Waals surface area contributed by atoms with Crippen LogP contribution in [-0.4, -0.2) is 45.6 Å². The summed E-state index contributed by atoms with van der Waals surface area (Å²) in [5.74, 6) is -5.10. The van der Waals surface area contributed by atoms with Crippen molar-refractivity contribution < 1.29 is 34.3 Å². The van der Waals surface area contributed by atoms with Gasteiger partial charge in [0.15, 0.2) is 11.5 Å². The van der Waals surface area contributed by atoms with E-state index in [-0.39, 0.29) is 22.9 Å². The van der Waals surface area contributed by atoms with Gasteiger partial charge in [0.05, 0.1) is 29.6 Å². The summed E-state index contributed by atoms with van der Waals surface area (Å²) in [6, 6.07) is 8.49. The Labute approximate surface area is 181 Å². The molecule has 2 saturated heterocycles. The molecule has 0 saturated carbocycles. The third-order valence-electron chi connectivity index (χ3n) is 6.09. The van der Waals surface area contributed by atoms with E-state index in [1.54, 1.807) is 0 Å². The molecule has 11 nitrogen and oxygen atoms in total. The van der Waals surface area contributed by atoms with Crippen molar-refractivity contribution >= 4 is 29.2 Å². The normalized spacial score (nSPS) is 26.8. The summed E-state index contributed by atoms with van der Waals surface area (Å²) in [4.78, 5) is 50.2. The Balaban J connectivity index is 1.83. The first kappa shape index (κ1) is 21.2. The quantitative estimate of drug-likeness (QED) is 0.356. The molecule has 3 N–H and O–H groups in total. The number of non-ortho nitro benzene ring substituents is 1. The monoisotopic (exact) mass is 441 g/mol. The number of hydrogen-bond donors (Lipinski definition) is 3. The molecule has 11 heteroatoms. The molecule has 0 aliphatic carbocycles. The number of imide groups is 1. The number of methoxy groups -OCH3 is 1. The maximum absolute atomic E-state index is 13.4. The van der Waals surface area contributed by atoms with E-state index >= 15 is 0 Å². The number of hydrogen-bond acceptors (Lipinski definition) is 8. The average Bonchev–Trinajstić information content (AvgIpc) is 3.22. The summed E-state index contributed by atoms with van der Waals surface area (Å²) < 4.78 is 5.11. The number of nitrogens with zero attached hydrogens (tertiary/aromatic N) is 2. The van der Waals surface area contributed by atoms with Gasteiger partial charge in [0.2, 0.25) is 11.8 Å². The van der Waals surface area contributed by atoms with Gasteiger partial charge in [0.1, 0.15) is 5.54 Å². The third kappa shape index (κ3) is 2.97. The molecule has 2 aliphatic heterocycles. The minimum atomic E-state index is -1.78. The second-order valence-electron chi connectivity index (χ2n) is 7.85. The van der Waals surface area contributed by atoms with Crippen molar-refractivity contribution in [1.29, 1.82) is 0 Å². The zero-order chi connectivity index (χ0) is 23.4. The number of nitrogens with one attached hydrogen (secondary N) is 1. The van der Waals surface area contributed by atoms with Gasteiger partial charge in [-0.2, -0.15) is 0 Å². The van der Waals surface area contributed by atoms with Crippen LogP contribution in [0.15, 0.2) is 42.5 Å². The van der Waals surface area contributed by atoms with Crippen LogP contribution in [0.4, 0.5) is 11.4 Å². The van der Waals surface area contributed by atoms with Gasteiger partial charge in [-0.15, -0.1) is 0 Å². The van der Waals surface area contributed by atoms with Crippen molar-refractivity contribution in [2.75, 3.05) is 12.0 Å². The molecule has 2 amide bonds. The number of aliphatic carboxylic acids is 1. The molecule has 2 aromatic carbocycles. The van der Waals surface area contributed by atoms with Crippen LogP contribution in [-0.2, 0) is 14.4 Å². The first-order chi connectivity index (χ1) is 15.1. The largest absolute Gasteiger partial charge is 0.504 e. The highest BCUT2D eigenvalue weighted by Gasteiger charge is 2.67. The summed E-state index contributed by atoms with van der Waals surface area (Å²) >= 11 is 0. The van der Waals surface area contributed by atoms with Gasteiger partial charge in [-0.1, -0.05) is 12.1 Å². The number of ether oxygens (including phenoxy) is 1. The lowest BCUT2D eigenvalue weighted by molar-refractivity contribution is -0.384. The van der Waals surface area contributed by atoms with Crippen molar-refractivity contribution in [2.24, 2.45) is 11.8 Å². The number of nitro benzene ring substituents is 1. The van der Waals surface area contributed by atoms with Crippen molar-refractivity contribution in [3.63, 3.8) is 0 Å². The van der Waals surface area contributed by atoms with Gasteiger partial charge in [0.25, 0.3) is 5.69 Å². The Kier molecular flexibility index (Phi) is 4.85. The Hall–Kier alpha value is -3.99. The highest BCUT2D eigenvalue weighted by atomic mass is 16.6. The fourth-order valence-corrected chi connectivity index (χ4v) is 4.51. The van der Waals surface area contributed by atoms with Crippen molar-refractivity contribution in [3.05, 3.63) is 58.1 Å². The van der Waals surface area contributed by atoms with Gasteiger partial charge < -0.3 is 14.9 Å². The Bertz CT molecular complexity index is 1170. The van der Waals surface area contributed by atoms with E-state index in [9.17, 15) is 34.7 Å². The Morgan fingerprint density at radius 1 is 1.22 bits per heavy atom. The molecule has 0 aromatic heterocycles. The van der Waals surface area contributed by atoms with Gasteiger partial charge in [0, 0.05) is 18.2 Å². The number of benzene rings is 2. The lowest BCUT2D eigenvalue weighted by atomic mass is 9.80. The highest BCUT2D eigenvalue weighted by molar-refractivity contribution is 6.24. The van der Waals surface area contributed by atoms with E-state index in [0.29, 0.717) is 5.56 Å². The molecular formula is C21H19N3O8. The minimum Gasteiger partial charge on any atom is -0.504 e. The first-order valence-corrected chi connectivity index (χ1v) is 9.60. The number of rotatable bonds is 5. The number of carbonyl (C=O) groups is 3. The minimum absolute atomic E-state index is 0.00150. The second-order valence-corrected chi connectivity index (χ2v) is 7.85. The van der Waals surface area contributed by atoms with Gasteiger partial charge >= 0.3 is 5.97 Å². The van der Waals surface area contributed by atoms with E-state index in [0.717, 1.165) is 11.0 Å². The second kappa shape index (κ2) is 7.31. The predicted molar refractivity (Wildman–Crippen MR) is 109 cm³/mol. The number of fused-ring (bicyclic) bond motifs is 1. The molecule has 0 spiro atoms. The number of carboxylic acids is 1. The SMILES string of the molecule is COc1cc(C2NC(C)(C(=O)O)C3C(=O)N(c4cccc([N+](=O)[O-])c4)C(=O)C23)ccc1O. The number of anilines is 1. The Morgan fingerprint density at radius 2 is 1.94 bits per heavy atom. The summed E-state index contributed by atoms with van der Waals surface area (Å²) in [5.41, 5.74) is -1.64. The van der Waals surface area contributed by atoms with E-state index in [2.05, 4.69) is 5.32 Å². The molecular weight excluding hydrogens is 422 g/mol. The van der Waals surface area contributed by atoms with Crippen molar-refractivity contribution in [1.82, 2.24) is 5.32 Å². The number of phenols is 1. The molecule has 4 rings (SSSR count). The zero-order valence-electron chi connectivity index (χ0n) is 17.0. The molecule has 0 radical (unpaired) electrons. The van der Waals surface area contributed by atoms with E-state index in [4.69, 9.17) is 4.74 Å².